The summed E-state index contributed by atoms with van der Waals surface area (Å²) >= 11 is 3.13. The smallest absolute Gasteiger partial charge is 0.285 e. The van der Waals surface area contributed by atoms with Crippen LogP contribution in [-0.2, 0) is 6.54 Å². The van der Waals surface area contributed by atoms with E-state index in [0.717, 1.165) is 5.82 Å². The van der Waals surface area contributed by atoms with Gasteiger partial charge in [-0.25, -0.2) is 4.98 Å². The summed E-state index contributed by atoms with van der Waals surface area (Å²) in [5, 5.41) is 13.8. The number of H-pyrrole nitrogens is 1. The number of nitrogens with zero attached hydrogens (tertiary/aromatic N) is 2. The average Bonchev–Trinajstić information content (AvgIpc) is 2.80. The molecular formula is C10H9BrN4O2. The second-order valence-corrected chi connectivity index (χ2v) is 4.17. The van der Waals surface area contributed by atoms with E-state index in [4.69, 9.17) is 0 Å². The number of benzene rings is 1. The van der Waals surface area contributed by atoms with Gasteiger partial charge in [-0.2, -0.15) is 0 Å². The zero-order valence-electron chi connectivity index (χ0n) is 8.68. The van der Waals surface area contributed by atoms with Crippen molar-refractivity contribution < 1.29 is 4.92 Å². The van der Waals surface area contributed by atoms with Crippen LogP contribution in [0.3, 0.4) is 0 Å². The highest BCUT2D eigenvalue weighted by atomic mass is 79.9. The molecule has 7 heteroatoms. The Bertz CT molecular complexity index is 527. The predicted octanol–water partition coefficient (Wildman–Crippen LogP) is 2.69. The fraction of sp³-hybridized carbons (Fsp3) is 0.100. The van der Waals surface area contributed by atoms with E-state index >= 15 is 0 Å². The van der Waals surface area contributed by atoms with Crippen molar-refractivity contribution in [2.75, 3.05) is 5.32 Å². The lowest BCUT2D eigenvalue weighted by Crippen LogP contribution is -2.01. The lowest BCUT2D eigenvalue weighted by molar-refractivity contribution is -0.385. The normalized spacial score (nSPS) is 10.2. The van der Waals surface area contributed by atoms with Gasteiger partial charge in [-0.05, 0) is 28.1 Å². The van der Waals surface area contributed by atoms with Gasteiger partial charge < -0.3 is 10.3 Å². The van der Waals surface area contributed by atoms with Crippen molar-refractivity contribution in [1.82, 2.24) is 9.97 Å². The lowest BCUT2D eigenvalue weighted by Gasteiger charge is -2.04. The maximum Gasteiger partial charge on any atom is 0.285 e. The van der Waals surface area contributed by atoms with Gasteiger partial charge in [-0.15, -0.1) is 0 Å². The first-order valence-corrected chi connectivity index (χ1v) is 5.62. The average molecular weight is 297 g/mol. The van der Waals surface area contributed by atoms with Crippen molar-refractivity contribution in [3.63, 3.8) is 0 Å². The molecule has 0 radical (unpaired) electrons. The number of anilines is 1. The van der Waals surface area contributed by atoms with E-state index in [1.165, 1.54) is 6.07 Å². The van der Waals surface area contributed by atoms with Crippen LogP contribution in [-0.4, -0.2) is 14.9 Å². The highest BCUT2D eigenvalue weighted by molar-refractivity contribution is 9.10. The van der Waals surface area contributed by atoms with Crippen LogP contribution in [0.15, 0.2) is 35.1 Å². The Morgan fingerprint density at radius 2 is 2.35 bits per heavy atom. The Morgan fingerprint density at radius 1 is 1.53 bits per heavy atom. The van der Waals surface area contributed by atoms with Gasteiger partial charge in [0.15, 0.2) is 0 Å². The number of rotatable bonds is 4. The number of hydrogen-bond acceptors (Lipinski definition) is 4. The van der Waals surface area contributed by atoms with Crippen LogP contribution in [0.5, 0.6) is 0 Å². The molecule has 0 bridgehead atoms. The van der Waals surface area contributed by atoms with E-state index < -0.39 is 4.92 Å². The van der Waals surface area contributed by atoms with Gasteiger partial charge in [0, 0.05) is 24.1 Å². The molecule has 0 unspecified atom stereocenters. The molecule has 0 amide bonds. The van der Waals surface area contributed by atoms with E-state index in [9.17, 15) is 10.1 Å². The molecule has 0 saturated heterocycles. The van der Waals surface area contributed by atoms with E-state index in [1.807, 2.05) is 0 Å². The van der Waals surface area contributed by atoms with E-state index in [-0.39, 0.29) is 5.69 Å². The molecule has 17 heavy (non-hydrogen) atoms. The summed E-state index contributed by atoms with van der Waals surface area (Å²) < 4.78 is 0.464. The van der Waals surface area contributed by atoms with Gasteiger partial charge in [0.05, 0.1) is 15.9 Å². The fourth-order valence-electron chi connectivity index (χ4n) is 1.34. The Morgan fingerprint density at radius 3 is 3.00 bits per heavy atom. The topological polar surface area (TPSA) is 83.8 Å². The number of halogens is 1. The molecule has 2 N–H and O–H groups in total. The molecule has 0 fully saturated rings. The summed E-state index contributed by atoms with van der Waals surface area (Å²) in [4.78, 5) is 17.3. The molecule has 1 aromatic heterocycles. The highest BCUT2D eigenvalue weighted by Gasteiger charge is 2.12. The fourth-order valence-corrected chi connectivity index (χ4v) is 1.73. The monoisotopic (exact) mass is 296 g/mol. The number of nitro groups is 1. The number of hydrogen-bond donors (Lipinski definition) is 2. The third-order valence-corrected chi connectivity index (χ3v) is 2.83. The SMILES string of the molecule is O=[N+]([O-])c1cc(NCc2ncc[nH]2)ccc1Br. The minimum Gasteiger partial charge on any atom is -0.378 e. The van der Waals surface area contributed by atoms with Crippen molar-refractivity contribution >= 4 is 27.3 Å². The summed E-state index contributed by atoms with van der Waals surface area (Å²) in [6.45, 7) is 0.492. The van der Waals surface area contributed by atoms with Crippen LogP contribution in [0.2, 0.25) is 0 Å². The Hall–Kier alpha value is -1.89. The summed E-state index contributed by atoms with van der Waals surface area (Å²) in [7, 11) is 0. The minimum absolute atomic E-state index is 0.0365. The van der Waals surface area contributed by atoms with Gasteiger partial charge in [-0.1, -0.05) is 0 Å². The van der Waals surface area contributed by atoms with Gasteiger partial charge in [0.25, 0.3) is 5.69 Å². The molecule has 0 aliphatic carbocycles. The van der Waals surface area contributed by atoms with Crippen LogP contribution < -0.4 is 5.32 Å². The van der Waals surface area contributed by atoms with Crippen LogP contribution >= 0.6 is 15.9 Å². The predicted molar refractivity (Wildman–Crippen MR) is 66.7 cm³/mol. The van der Waals surface area contributed by atoms with E-state index in [1.54, 1.807) is 24.5 Å². The molecule has 0 saturated carbocycles. The summed E-state index contributed by atoms with van der Waals surface area (Å²) in [6.07, 6.45) is 3.38. The maximum absolute atomic E-state index is 10.7. The van der Waals surface area contributed by atoms with Gasteiger partial charge in [-0.3, -0.25) is 10.1 Å². The van der Waals surface area contributed by atoms with Crippen LogP contribution in [0.1, 0.15) is 5.82 Å². The van der Waals surface area contributed by atoms with Crippen molar-refractivity contribution in [3.05, 3.63) is 51.0 Å². The van der Waals surface area contributed by atoms with Crippen LogP contribution in [0, 0.1) is 10.1 Å². The van der Waals surface area contributed by atoms with Crippen molar-refractivity contribution in [2.45, 2.75) is 6.54 Å². The van der Waals surface area contributed by atoms with Crippen molar-refractivity contribution in [1.29, 1.82) is 0 Å². The minimum atomic E-state index is -0.428. The van der Waals surface area contributed by atoms with Crippen LogP contribution in [0.4, 0.5) is 11.4 Å². The summed E-state index contributed by atoms with van der Waals surface area (Å²) in [5.74, 6) is 0.774. The molecule has 88 valence electrons. The third-order valence-electron chi connectivity index (χ3n) is 2.16. The maximum atomic E-state index is 10.7. The second kappa shape index (κ2) is 4.96. The molecule has 0 atom stereocenters. The lowest BCUT2D eigenvalue weighted by atomic mass is 10.3. The Labute approximate surface area is 105 Å². The van der Waals surface area contributed by atoms with Crippen molar-refractivity contribution in [3.8, 4) is 0 Å². The summed E-state index contributed by atoms with van der Waals surface area (Å²) in [6, 6.07) is 4.88. The Balaban J connectivity index is 2.11. The largest absolute Gasteiger partial charge is 0.378 e. The highest BCUT2D eigenvalue weighted by Crippen LogP contribution is 2.27. The van der Waals surface area contributed by atoms with Crippen molar-refractivity contribution in [2.24, 2.45) is 0 Å². The molecule has 1 aromatic carbocycles. The second-order valence-electron chi connectivity index (χ2n) is 3.31. The molecule has 0 aliphatic heterocycles. The standard InChI is InChI=1S/C10H9BrN4O2/c11-8-2-1-7(5-9(8)15(16)17)14-6-10-12-3-4-13-10/h1-5,14H,6H2,(H,12,13). The molecular weight excluding hydrogens is 288 g/mol. The third kappa shape index (κ3) is 2.82. The van der Waals surface area contributed by atoms with Gasteiger partial charge in [0.2, 0.25) is 0 Å². The zero-order chi connectivity index (χ0) is 12.3. The number of imidazole rings is 1. The number of nitrogens with one attached hydrogen (secondary N) is 2. The summed E-state index contributed by atoms with van der Waals surface area (Å²) in [5.41, 5.74) is 0.714. The zero-order valence-corrected chi connectivity index (χ0v) is 10.3. The number of aromatic nitrogens is 2. The first-order chi connectivity index (χ1) is 8.16. The first kappa shape index (κ1) is 11.6. The van der Waals surface area contributed by atoms with E-state index in [2.05, 4.69) is 31.2 Å². The quantitative estimate of drug-likeness (QED) is 0.671. The molecule has 2 rings (SSSR count). The first-order valence-electron chi connectivity index (χ1n) is 4.83. The molecule has 0 spiro atoms. The molecule has 0 aliphatic rings. The Kier molecular flexibility index (Phi) is 3.38. The number of aromatic amines is 1. The number of nitro benzene ring substituents is 1. The van der Waals surface area contributed by atoms with Crippen LogP contribution in [0.25, 0.3) is 0 Å². The van der Waals surface area contributed by atoms with E-state index in [0.29, 0.717) is 16.7 Å². The molecule has 2 aromatic rings. The van der Waals surface area contributed by atoms with Gasteiger partial charge in [0.1, 0.15) is 5.82 Å². The molecule has 6 nitrogen and oxygen atoms in total. The van der Waals surface area contributed by atoms with Gasteiger partial charge >= 0.3 is 0 Å². The molecule has 1 heterocycles.